The molecule has 0 radical (unpaired) electrons. The topological polar surface area (TPSA) is 46.6 Å². The minimum absolute atomic E-state index is 0.0727. The van der Waals surface area contributed by atoms with Crippen molar-refractivity contribution in [2.24, 2.45) is 0 Å². The van der Waals surface area contributed by atoms with E-state index in [0.717, 1.165) is 25.8 Å². The molecule has 0 saturated carbocycles. The van der Waals surface area contributed by atoms with Gasteiger partial charge in [0.2, 0.25) is 0 Å². The van der Waals surface area contributed by atoms with Crippen molar-refractivity contribution in [3.8, 4) is 0 Å². The fraction of sp³-hybridized carbons (Fsp3) is 0.571. The van der Waals surface area contributed by atoms with Crippen molar-refractivity contribution in [2.45, 2.75) is 38.6 Å². The van der Waals surface area contributed by atoms with Gasteiger partial charge in [-0.05, 0) is 37.1 Å². The van der Waals surface area contributed by atoms with E-state index in [1.165, 1.54) is 17.8 Å². The van der Waals surface area contributed by atoms with Gasteiger partial charge < -0.3 is 9.64 Å². The summed E-state index contributed by atoms with van der Waals surface area (Å²) >= 11 is 1.32. The minimum atomic E-state index is -0.409. The van der Waals surface area contributed by atoms with Gasteiger partial charge in [-0.15, -0.1) is 11.3 Å². The zero-order chi connectivity index (χ0) is 13.7. The van der Waals surface area contributed by atoms with Crippen molar-refractivity contribution in [2.75, 3.05) is 13.2 Å². The number of esters is 1. The molecule has 2 heterocycles. The summed E-state index contributed by atoms with van der Waals surface area (Å²) in [6, 6.07) is 3.80. The molecule has 2 rings (SSSR count). The molecule has 1 fully saturated rings. The van der Waals surface area contributed by atoms with Gasteiger partial charge in [0.25, 0.3) is 5.91 Å². The van der Waals surface area contributed by atoms with Crippen molar-refractivity contribution in [3.05, 3.63) is 22.4 Å². The number of likely N-dealkylation sites (tertiary alicyclic amines) is 1. The average Bonchev–Trinajstić information content (AvgIpc) is 2.98. The van der Waals surface area contributed by atoms with Crippen LogP contribution >= 0.6 is 11.3 Å². The molecule has 1 amide bonds. The molecule has 5 heteroatoms. The molecular weight excluding hydrogens is 262 g/mol. The summed E-state index contributed by atoms with van der Waals surface area (Å²) in [6.45, 7) is 2.73. The van der Waals surface area contributed by atoms with Crippen LogP contribution in [0.25, 0.3) is 0 Å². The van der Waals surface area contributed by atoms with E-state index >= 15 is 0 Å². The lowest BCUT2D eigenvalue weighted by Crippen LogP contribution is -2.45. The van der Waals surface area contributed by atoms with Crippen LogP contribution in [0.3, 0.4) is 0 Å². The molecule has 0 N–H and O–H groups in total. The predicted molar refractivity (Wildman–Crippen MR) is 74.2 cm³/mol. The van der Waals surface area contributed by atoms with Crippen LogP contribution in [0, 0.1) is 0 Å². The van der Waals surface area contributed by atoms with Crippen LogP contribution in [0.1, 0.15) is 42.3 Å². The van der Waals surface area contributed by atoms with E-state index in [1.54, 1.807) is 12.1 Å². The largest absolute Gasteiger partial charge is 0.451 e. The second-order valence-corrected chi connectivity index (χ2v) is 5.65. The summed E-state index contributed by atoms with van der Waals surface area (Å²) in [5.74, 6) is -0.482. The van der Waals surface area contributed by atoms with Gasteiger partial charge in [0.1, 0.15) is 4.88 Å². The van der Waals surface area contributed by atoms with Crippen LogP contribution < -0.4 is 0 Å². The number of nitrogens with zero attached hydrogens (tertiary/aromatic N) is 1. The van der Waals surface area contributed by atoms with E-state index in [2.05, 4.69) is 6.92 Å². The van der Waals surface area contributed by atoms with Crippen LogP contribution in [0.5, 0.6) is 0 Å². The number of hydrogen-bond donors (Lipinski definition) is 0. The second-order valence-electron chi connectivity index (χ2n) is 4.70. The van der Waals surface area contributed by atoms with Gasteiger partial charge in [0.15, 0.2) is 6.61 Å². The molecule has 1 unspecified atom stereocenters. The number of piperidine rings is 1. The molecule has 4 nitrogen and oxygen atoms in total. The fourth-order valence-electron chi connectivity index (χ4n) is 2.43. The number of amides is 1. The van der Waals surface area contributed by atoms with Crippen LogP contribution in [0.4, 0.5) is 0 Å². The van der Waals surface area contributed by atoms with Crippen LogP contribution in [-0.4, -0.2) is 36.0 Å². The summed E-state index contributed by atoms with van der Waals surface area (Å²) in [5.41, 5.74) is 0. The lowest BCUT2D eigenvalue weighted by Gasteiger charge is -2.35. The normalized spacial score (nSPS) is 19.2. The molecule has 1 atom stereocenters. The average molecular weight is 281 g/mol. The number of carbonyl (C=O) groups is 2. The van der Waals surface area contributed by atoms with Crippen LogP contribution in [0.15, 0.2) is 17.5 Å². The van der Waals surface area contributed by atoms with Crippen molar-refractivity contribution in [1.29, 1.82) is 0 Å². The van der Waals surface area contributed by atoms with Gasteiger partial charge in [0, 0.05) is 12.6 Å². The Kier molecular flexibility index (Phi) is 4.96. The maximum absolute atomic E-state index is 12.1. The van der Waals surface area contributed by atoms with Crippen LogP contribution in [-0.2, 0) is 9.53 Å². The Labute approximate surface area is 117 Å². The lowest BCUT2D eigenvalue weighted by molar-refractivity contribution is -0.138. The Morgan fingerprint density at radius 1 is 1.47 bits per heavy atom. The molecule has 1 aromatic heterocycles. The molecule has 1 aliphatic rings. The number of rotatable bonds is 4. The van der Waals surface area contributed by atoms with E-state index in [9.17, 15) is 9.59 Å². The third kappa shape index (κ3) is 3.56. The Bertz CT molecular complexity index is 430. The Balaban J connectivity index is 1.85. The molecule has 1 saturated heterocycles. The van der Waals surface area contributed by atoms with Crippen LogP contribution in [0.2, 0.25) is 0 Å². The summed E-state index contributed by atoms with van der Waals surface area (Å²) in [6.07, 6.45) is 4.24. The Morgan fingerprint density at radius 3 is 3.00 bits per heavy atom. The first-order valence-corrected chi connectivity index (χ1v) is 7.60. The molecule has 1 aliphatic heterocycles. The highest BCUT2D eigenvalue weighted by molar-refractivity contribution is 7.11. The van der Waals surface area contributed by atoms with Gasteiger partial charge in [-0.25, -0.2) is 4.79 Å². The first-order chi connectivity index (χ1) is 9.22. The van der Waals surface area contributed by atoms with Gasteiger partial charge in [-0.1, -0.05) is 13.0 Å². The van der Waals surface area contributed by atoms with Gasteiger partial charge >= 0.3 is 5.97 Å². The third-order valence-corrected chi connectivity index (χ3v) is 4.32. The summed E-state index contributed by atoms with van der Waals surface area (Å²) in [7, 11) is 0. The molecule has 1 aromatic rings. The maximum Gasteiger partial charge on any atom is 0.348 e. The van der Waals surface area contributed by atoms with E-state index < -0.39 is 5.97 Å². The summed E-state index contributed by atoms with van der Waals surface area (Å²) < 4.78 is 5.07. The van der Waals surface area contributed by atoms with Crippen molar-refractivity contribution < 1.29 is 14.3 Å². The van der Waals surface area contributed by atoms with E-state index in [0.29, 0.717) is 10.9 Å². The Morgan fingerprint density at radius 2 is 2.32 bits per heavy atom. The molecular formula is C14H19NO3S. The molecule has 19 heavy (non-hydrogen) atoms. The number of carbonyl (C=O) groups excluding carboxylic acids is 2. The fourth-order valence-corrected chi connectivity index (χ4v) is 3.05. The first-order valence-electron chi connectivity index (χ1n) is 6.72. The number of hydrogen-bond acceptors (Lipinski definition) is 4. The molecule has 0 aliphatic carbocycles. The highest BCUT2D eigenvalue weighted by Crippen LogP contribution is 2.19. The zero-order valence-electron chi connectivity index (χ0n) is 11.1. The molecule has 0 spiro atoms. The number of ether oxygens (including phenoxy) is 1. The van der Waals surface area contributed by atoms with Crippen molar-refractivity contribution in [1.82, 2.24) is 4.90 Å². The summed E-state index contributed by atoms with van der Waals surface area (Å²) in [4.78, 5) is 26.2. The van der Waals surface area contributed by atoms with Gasteiger partial charge in [-0.2, -0.15) is 0 Å². The monoisotopic (exact) mass is 281 g/mol. The Hall–Kier alpha value is -1.36. The zero-order valence-corrected chi connectivity index (χ0v) is 11.9. The predicted octanol–water partition coefficient (Wildman–Crippen LogP) is 2.70. The van der Waals surface area contributed by atoms with E-state index in [4.69, 9.17) is 4.74 Å². The first kappa shape index (κ1) is 14.1. The summed E-state index contributed by atoms with van der Waals surface area (Å²) in [5, 5.41) is 1.82. The SMILES string of the molecule is CCC1CCCCN1C(=O)COC(=O)c1cccs1. The van der Waals surface area contributed by atoms with Gasteiger partial charge in [-0.3, -0.25) is 4.79 Å². The second kappa shape index (κ2) is 6.70. The number of thiophene rings is 1. The molecule has 0 aromatic carbocycles. The minimum Gasteiger partial charge on any atom is -0.451 e. The lowest BCUT2D eigenvalue weighted by atomic mass is 10.00. The van der Waals surface area contributed by atoms with E-state index in [-0.39, 0.29) is 12.5 Å². The third-order valence-electron chi connectivity index (χ3n) is 3.47. The molecule has 104 valence electrons. The highest BCUT2D eigenvalue weighted by atomic mass is 32.1. The van der Waals surface area contributed by atoms with Crippen molar-refractivity contribution in [3.63, 3.8) is 0 Å². The standard InChI is InChI=1S/C14H19NO3S/c1-2-11-6-3-4-8-15(11)13(16)10-18-14(17)12-7-5-9-19-12/h5,7,9,11H,2-4,6,8,10H2,1H3. The smallest absolute Gasteiger partial charge is 0.348 e. The van der Waals surface area contributed by atoms with Gasteiger partial charge in [0.05, 0.1) is 0 Å². The maximum atomic E-state index is 12.1. The van der Waals surface area contributed by atoms with Crippen molar-refractivity contribution >= 4 is 23.2 Å². The highest BCUT2D eigenvalue weighted by Gasteiger charge is 2.26. The molecule has 0 bridgehead atoms. The van der Waals surface area contributed by atoms with E-state index in [1.807, 2.05) is 10.3 Å². The quantitative estimate of drug-likeness (QED) is 0.797.